The number of rotatable bonds is 7. The number of hydrogen-bond donors (Lipinski definition) is 1. The summed E-state index contributed by atoms with van der Waals surface area (Å²) in [7, 11) is 4.11. The van der Waals surface area contributed by atoms with Crippen LogP contribution in [0.1, 0.15) is 33.1 Å². The fraction of sp³-hybridized carbons (Fsp3) is 0.345. The van der Waals surface area contributed by atoms with Gasteiger partial charge in [-0.3, -0.25) is 9.69 Å². The second-order valence-electron chi connectivity index (χ2n) is 9.37. The van der Waals surface area contributed by atoms with Gasteiger partial charge in [-0.2, -0.15) is 0 Å². The summed E-state index contributed by atoms with van der Waals surface area (Å²) < 4.78 is 0. The predicted molar refractivity (Wildman–Crippen MR) is 142 cm³/mol. The molecule has 3 aromatic rings. The summed E-state index contributed by atoms with van der Waals surface area (Å²) >= 11 is 0. The molecular formula is C29H36N4O. The summed E-state index contributed by atoms with van der Waals surface area (Å²) in [5.74, 6) is -0.0130. The summed E-state index contributed by atoms with van der Waals surface area (Å²) in [4.78, 5) is 20.0. The van der Waals surface area contributed by atoms with Crippen LogP contribution in [0.3, 0.4) is 0 Å². The van der Waals surface area contributed by atoms with Crippen LogP contribution in [0, 0.1) is 13.8 Å². The van der Waals surface area contributed by atoms with Crippen molar-refractivity contribution < 1.29 is 4.79 Å². The fourth-order valence-corrected chi connectivity index (χ4v) is 4.56. The summed E-state index contributed by atoms with van der Waals surface area (Å²) in [5.41, 5.74) is 6.75. The van der Waals surface area contributed by atoms with Crippen molar-refractivity contribution in [2.24, 2.45) is 0 Å². The molecule has 0 radical (unpaired) electrons. The molecule has 34 heavy (non-hydrogen) atoms. The maximum atomic E-state index is 13.0. The van der Waals surface area contributed by atoms with Gasteiger partial charge in [-0.15, -0.1) is 0 Å². The van der Waals surface area contributed by atoms with Crippen molar-refractivity contribution in [3.63, 3.8) is 0 Å². The van der Waals surface area contributed by atoms with Gasteiger partial charge in [0.1, 0.15) is 0 Å². The lowest BCUT2D eigenvalue weighted by atomic mass is 10.0. The maximum absolute atomic E-state index is 13.0. The van der Waals surface area contributed by atoms with Crippen LogP contribution in [-0.4, -0.2) is 57.6 Å². The van der Waals surface area contributed by atoms with Crippen molar-refractivity contribution in [2.45, 2.75) is 19.9 Å². The zero-order chi connectivity index (χ0) is 24.1. The normalized spacial score (nSPS) is 15.1. The number of amides is 1. The second kappa shape index (κ2) is 10.7. The third-order valence-electron chi connectivity index (χ3n) is 6.90. The minimum atomic E-state index is -0.0130. The Morgan fingerprint density at radius 1 is 0.882 bits per heavy atom. The van der Waals surface area contributed by atoms with Crippen LogP contribution in [0.2, 0.25) is 0 Å². The number of piperazine rings is 1. The zero-order valence-corrected chi connectivity index (χ0v) is 20.8. The molecule has 3 aromatic carbocycles. The Morgan fingerprint density at radius 2 is 1.56 bits per heavy atom. The molecule has 1 amide bonds. The topological polar surface area (TPSA) is 38.8 Å². The monoisotopic (exact) mass is 456 g/mol. The SMILES string of the molecule is Cc1ccc(C(=O)NC[C@@H](c2ccc(N(C)C)cc2)N2CCN(c3ccccc3)CC2)cc1C. The van der Waals surface area contributed by atoms with Crippen LogP contribution in [0.25, 0.3) is 0 Å². The second-order valence-corrected chi connectivity index (χ2v) is 9.37. The van der Waals surface area contributed by atoms with Crippen LogP contribution in [0.5, 0.6) is 0 Å². The lowest BCUT2D eigenvalue weighted by Crippen LogP contribution is -2.50. The number of carbonyl (C=O) groups excluding carboxylic acids is 1. The van der Waals surface area contributed by atoms with Crippen molar-refractivity contribution in [1.82, 2.24) is 10.2 Å². The van der Waals surface area contributed by atoms with Crippen molar-refractivity contribution in [1.29, 1.82) is 0 Å². The maximum Gasteiger partial charge on any atom is 0.251 e. The van der Waals surface area contributed by atoms with Crippen molar-refractivity contribution >= 4 is 17.3 Å². The van der Waals surface area contributed by atoms with E-state index >= 15 is 0 Å². The minimum Gasteiger partial charge on any atom is -0.378 e. The summed E-state index contributed by atoms with van der Waals surface area (Å²) in [5, 5.41) is 3.22. The van der Waals surface area contributed by atoms with Gasteiger partial charge in [0.15, 0.2) is 0 Å². The molecule has 5 heteroatoms. The van der Waals surface area contributed by atoms with Gasteiger partial charge in [0, 0.05) is 63.8 Å². The highest BCUT2D eigenvalue weighted by Crippen LogP contribution is 2.26. The zero-order valence-electron chi connectivity index (χ0n) is 20.8. The van der Waals surface area contributed by atoms with E-state index in [9.17, 15) is 4.79 Å². The van der Waals surface area contributed by atoms with E-state index in [2.05, 4.69) is 95.6 Å². The molecule has 1 aliphatic heterocycles. The highest BCUT2D eigenvalue weighted by atomic mass is 16.1. The average Bonchev–Trinajstić information content (AvgIpc) is 2.87. The van der Waals surface area contributed by atoms with Gasteiger partial charge in [-0.1, -0.05) is 36.4 Å². The van der Waals surface area contributed by atoms with Crippen LogP contribution in [0.4, 0.5) is 11.4 Å². The first-order chi connectivity index (χ1) is 16.4. The van der Waals surface area contributed by atoms with E-state index in [0.717, 1.165) is 37.3 Å². The number of benzene rings is 3. The Morgan fingerprint density at radius 3 is 2.18 bits per heavy atom. The van der Waals surface area contributed by atoms with Gasteiger partial charge in [0.05, 0.1) is 6.04 Å². The first kappa shape index (κ1) is 23.8. The number of nitrogens with one attached hydrogen (secondary N) is 1. The minimum absolute atomic E-state index is 0.0130. The molecule has 4 rings (SSSR count). The highest BCUT2D eigenvalue weighted by molar-refractivity contribution is 5.94. The van der Waals surface area contributed by atoms with E-state index in [1.807, 2.05) is 25.1 Å². The molecule has 1 fully saturated rings. The molecule has 1 saturated heterocycles. The molecule has 1 aliphatic rings. The number of nitrogens with zero attached hydrogens (tertiary/aromatic N) is 3. The standard InChI is InChI=1S/C29H36N4O/c1-22-10-11-25(20-23(22)2)29(34)30-21-28(24-12-14-26(15-13-24)31(3)4)33-18-16-32(17-19-33)27-8-6-5-7-9-27/h5-15,20,28H,16-19,21H2,1-4H3,(H,30,34)/t28-/m0/s1. The van der Waals surface area contributed by atoms with Gasteiger partial charge in [0.25, 0.3) is 5.91 Å². The van der Waals surface area contributed by atoms with Gasteiger partial charge < -0.3 is 15.1 Å². The number of hydrogen-bond acceptors (Lipinski definition) is 4. The number of aryl methyl sites for hydroxylation is 2. The molecule has 0 spiro atoms. The lowest BCUT2D eigenvalue weighted by molar-refractivity contribution is 0.0930. The molecule has 0 bridgehead atoms. The fourth-order valence-electron chi connectivity index (χ4n) is 4.56. The Labute approximate surface area is 204 Å². The molecule has 1 atom stereocenters. The molecule has 0 saturated carbocycles. The highest BCUT2D eigenvalue weighted by Gasteiger charge is 2.26. The van der Waals surface area contributed by atoms with Crippen LogP contribution >= 0.6 is 0 Å². The Bertz CT molecular complexity index is 1090. The summed E-state index contributed by atoms with van der Waals surface area (Å²) in [6.45, 7) is 8.55. The molecule has 0 aliphatic carbocycles. The van der Waals surface area contributed by atoms with Crippen molar-refractivity contribution in [3.8, 4) is 0 Å². The number of para-hydroxylation sites is 1. The molecule has 1 N–H and O–H groups in total. The van der Waals surface area contributed by atoms with E-state index < -0.39 is 0 Å². The van der Waals surface area contributed by atoms with Crippen molar-refractivity contribution in [2.75, 3.05) is 56.6 Å². The molecule has 0 unspecified atom stereocenters. The summed E-state index contributed by atoms with van der Waals surface area (Å²) in [6.07, 6.45) is 0. The molecule has 178 valence electrons. The summed E-state index contributed by atoms with van der Waals surface area (Å²) in [6, 6.07) is 25.4. The molecular weight excluding hydrogens is 420 g/mol. The average molecular weight is 457 g/mol. The van der Waals surface area contributed by atoms with Crippen molar-refractivity contribution in [3.05, 3.63) is 95.1 Å². The Kier molecular flexibility index (Phi) is 7.53. The third kappa shape index (κ3) is 5.60. The van der Waals surface area contributed by atoms with Crippen LogP contribution < -0.4 is 15.1 Å². The van der Waals surface area contributed by atoms with E-state index in [4.69, 9.17) is 0 Å². The van der Waals surface area contributed by atoms with E-state index in [-0.39, 0.29) is 11.9 Å². The van der Waals surface area contributed by atoms with E-state index in [1.165, 1.54) is 22.5 Å². The van der Waals surface area contributed by atoms with E-state index in [0.29, 0.717) is 6.54 Å². The largest absolute Gasteiger partial charge is 0.378 e. The Balaban J connectivity index is 1.49. The number of anilines is 2. The first-order valence-corrected chi connectivity index (χ1v) is 12.1. The van der Waals surface area contributed by atoms with Gasteiger partial charge in [0.2, 0.25) is 0 Å². The smallest absolute Gasteiger partial charge is 0.251 e. The van der Waals surface area contributed by atoms with Gasteiger partial charge >= 0.3 is 0 Å². The number of carbonyl (C=O) groups is 1. The molecule has 5 nitrogen and oxygen atoms in total. The first-order valence-electron chi connectivity index (χ1n) is 12.1. The quantitative estimate of drug-likeness (QED) is 0.561. The van der Waals surface area contributed by atoms with E-state index in [1.54, 1.807) is 0 Å². The molecule has 0 aromatic heterocycles. The lowest BCUT2D eigenvalue weighted by Gasteiger charge is -2.40. The Hall–Kier alpha value is -3.31. The van der Waals surface area contributed by atoms with Gasteiger partial charge in [-0.05, 0) is 66.9 Å². The predicted octanol–water partition coefficient (Wildman–Crippen LogP) is 4.66. The third-order valence-corrected chi connectivity index (χ3v) is 6.90. The molecule has 1 heterocycles. The van der Waals surface area contributed by atoms with Crippen LogP contribution in [0.15, 0.2) is 72.8 Å². The van der Waals surface area contributed by atoms with Crippen LogP contribution in [-0.2, 0) is 0 Å². The van der Waals surface area contributed by atoms with Gasteiger partial charge in [-0.25, -0.2) is 0 Å².